The Bertz CT molecular complexity index is 232. The van der Waals surface area contributed by atoms with Gasteiger partial charge in [0.2, 0.25) is 0 Å². The minimum atomic E-state index is -0.480. The molecule has 0 amide bonds. The number of esters is 2. The monoisotopic (exact) mass is 234 g/mol. The van der Waals surface area contributed by atoms with E-state index in [0.29, 0.717) is 0 Å². The van der Waals surface area contributed by atoms with Crippen LogP contribution in [0, 0.1) is 0 Å². The lowest BCUT2D eigenvalue weighted by Gasteiger charge is -2.19. The fourth-order valence-corrected chi connectivity index (χ4v) is 1.48. The number of carbonyl (C=O) groups excluding carboxylic acids is 2. The van der Waals surface area contributed by atoms with Crippen molar-refractivity contribution in [2.24, 2.45) is 0 Å². The van der Waals surface area contributed by atoms with Crippen molar-refractivity contribution >= 4 is 23.7 Å². The first kappa shape index (κ1) is 14.3. The van der Waals surface area contributed by atoms with Gasteiger partial charge in [0.1, 0.15) is 10.9 Å². The van der Waals surface area contributed by atoms with Gasteiger partial charge in [0.25, 0.3) is 0 Å². The highest BCUT2D eigenvalue weighted by atomic mass is 32.2. The lowest BCUT2D eigenvalue weighted by molar-refractivity contribution is -0.151. The third-order valence-electron chi connectivity index (χ3n) is 1.40. The number of rotatable bonds is 4. The Morgan fingerprint density at radius 1 is 1.33 bits per heavy atom. The third kappa shape index (κ3) is 7.25. The van der Waals surface area contributed by atoms with Crippen molar-refractivity contribution in [2.75, 3.05) is 12.9 Å². The summed E-state index contributed by atoms with van der Waals surface area (Å²) in [4.78, 5) is 22.3. The maximum Gasteiger partial charge on any atom is 0.318 e. The van der Waals surface area contributed by atoms with Crippen LogP contribution < -0.4 is 0 Å². The van der Waals surface area contributed by atoms with Gasteiger partial charge < -0.3 is 9.47 Å². The van der Waals surface area contributed by atoms with Gasteiger partial charge in [-0.2, -0.15) is 0 Å². The van der Waals surface area contributed by atoms with E-state index < -0.39 is 5.60 Å². The quantitative estimate of drug-likeness (QED) is 0.692. The summed E-state index contributed by atoms with van der Waals surface area (Å²) in [6, 6.07) is 0. The van der Waals surface area contributed by atoms with Crippen LogP contribution in [0.25, 0.3) is 0 Å². The molecule has 0 rings (SSSR count). The molecule has 88 valence electrons. The first-order chi connectivity index (χ1) is 6.76. The normalized spacial score (nSPS) is 13.1. The molecule has 0 spiro atoms. The zero-order valence-corrected chi connectivity index (χ0v) is 10.6. The fraction of sp³-hybridized carbons (Fsp3) is 0.800. The van der Waals surface area contributed by atoms with E-state index in [1.807, 2.05) is 0 Å². The van der Waals surface area contributed by atoms with E-state index in [1.54, 1.807) is 27.7 Å². The Morgan fingerprint density at radius 3 is 2.27 bits per heavy atom. The van der Waals surface area contributed by atoms with E-state index in [-0.39, 0.29) is 22.9 Å². The minimum absolute atomic E-state index is 0.160. The standard InChI is InChI=1S/C10H18O4S/c1-7(9(12)13-5)15-6-8(11)14-10(2,3)4/h7H,6H2,1-5H3. The average molecular weight is 234 g/mol. The van der Waals surface area contributed by atoms with Crippen LogP contribution >= 0.6 is 11.8 Å². The van der Waals surface area contributed by atoms with Gasteiger partial charge in [0.15, 0.2) is 0 Å². The summed E-state index contributed by atoms with van der Waals surface area (Å²) >= 11 is 1.21. The highest BCUT2D eigenvalue weighted by Gasteiger charge is 2.19. The van der Waals surface area contributed by atoms with E-state index in [9.17, 15) is 9.59 Å². The fourth-order valence-electron chi connectivity index (χ4n) is 0.798. The molecular weight excluding hydrogens is 216 g/mol. The van der Waals surface area contributed by atoms with Crippen LogP contribution in [0.2, 0.25) is 0 Å². The molecule has 0 heterocycles. The molecule has 0 aromatic heterocycles. The predicted octanol–water partition coefficient (Wildman–Crippen LogP) is 1.62. The minimum Gasteiger partial charge on any atom is -0.468 e. The number of thioether (sulfide) groups is 1. The molecule has 0 N–H and O–H groups in total. The van der Waals surface area contributed by atoms with E-state index >= 15 is 0 Å². The lowest BCUT2D eigenvalue weighted by Crippen LogP contribution is -2.26. The molecule has 1 unspecified atom stereocenters. The second-order valence-electron chi connectivity index (χ2n) is 4.06. The van der Waals surface area contributed by atoms with Gasteiger partial charge in [-0.05, 0) is 27.7 Å². The molecule has 0 bridgehead atoms. The molecule has 0 aliphatic rings. The zero-order valence-electron chi connectivity index (χ0n) is 9.83. The van der Waals surface area contributed by atoms with E-state index in [2.05, 4.69) is 4.74 Å². The summed E-state index contributed by atoms with van der Waals surface area (Å²) in [6.07, 6.45) is 0. The largest absolute Gasteiger partial charge is 0.468 e. The van der Waals surface area contributed by atoms with Crippen molar-refractivity contribution < 1.29 is 19.1 Å². The van der Waals surface area contributed by atoms with Crippen molar-refractivity contribution in [2.45, 2.75) is 38.5 Å². The van der Waals surface area contributed by atoms with Gasteiger partial charge in [-0.15, -0.1) is 11.8 Å². The molecule has 5 heteroatoms. The highest BCUT2D eigenvalue weighted by molar-refractivity contribution is 8.01. The van der Waals surface area contributed by atoms with Crippen LogP contribution in [-0.2, 0) is 19.1 Å². The average Bonchev–Trinajstić information content (AvgIpc) is 2.10. The summed E-state index contributed by atoms with van der Waals surface area (Å²) in [5, 5.41) is -0.345. The third-order valence-corrected chi connectivity index (χ3v) is 2.50. The Labute approximate surface area is 94.7 Å². The number of methoxy groups -OCH3 is 1. The molecule has 0 aliphatic heterocycles. The topological polar surface area (TPSA) is 52.6 Å². The number of hydrogen-bond donors (Lipinski definition) is 0. The second kappa shape index (κ2) is 6.00. The molecule has 1 atom stereocenters. The maximum atomic E-state index is 11.3. The molecular formula is C10H18O4S. The number of ether oxygens (including phenoxy) is 2. The van der Waals surface area contributed by atoms with Crippen LogP contribution in [0.4, 0.5) is 0 Å². The van der Waals surface area contributed by atoms with E-state index in [1.165, 1.54) is 18.9 Å². The number of carbonyl (C=O) groups is 2. The Hall–Kier alpha value is -0.710. The SMILES string of the molecule is COC(=O)C(C)SCC(=O)OC(C)(C)C. The van der Waals surface area contributed by atoms with Gasteiger partial charge in [0, 0.05) is 0 Å². The molecule has 0 aliphatic carbocycles. The summed E-state index contributed by atoms with van der Waals surface area (Å²) in [7, 11) is 1.33. The maximum absolute atomic E-state index is 11.3. The smallest absolute Gasteiger partial charge is 0.318 e. The van der Waals surface area contributed by atoms with E-state index in [4.69, 9.17) is 4.74 Å². The summed E-state index contributed by atoms with van der Waals surface area (Å²) in [5.74, 6) is -0.486. The Morgan fingerprint density at radius 2 is 1.87 bits per heavy atom. The molecule has 0 saturated heterocycles. The van der Waals surface area contributed by atoms with Gasteiger partial charge in [-0.3, -0.25) is 9.59 Å². The van der Waals surface area contributed by atoms with Gasteiger partial charge in [0.05, 0.1) is 12.9 Å². The van der Waals surface area contributed by atoms with Crippen molar-refractivity contribution in [1.82, 2.24) is 0 Å². The first-order valence-electron chi connectivity index (χ1n) is 4.67. The molecule has 4 nitrogen and oxygen atoms in total. The summed E-state index contributed by atoms with van der Waals surface area (Å²) < 4.78 is 9.62. The molecule has 0 radical (unpaired) electrons. The Kier molecular flexibility index (Phi) is 5.72. The van der Waals surface area contributed by atoms with Crippen LogP contribution in [0.1, 0.15) is 27.7 Å². The lowest BCUT2D eigenvalue weighted by atomic mass is 10.2. The molecule has 15 heavy (non-hydrogen) atoms. The van der Waals surface area contributed by atoms with Crippen LogP contribution in [0.15, 0.2) is 0 Å². The molecule has 0 saturated carbocycles. The summed E-state index contributed by atoms with van der Waals surface area (Å²) in [5.41, 5.74) is -0.480. The van der Waals surface area contributed by atoms with Crippen molar-refractivity contribution in [1.29, 1.82) is 0 Å². The highest BCUT2D eigenvalue weighted by Crippen LogP contribution is 2.14. The number of hydrogen-bond acceptors (Lipinski definition) is 5. The Balaban J connectivity index is 3.86. The summed E-state index contributed by atoms with van der Waals surface area (Å²) in [6.45, 7) is 7.11. The first-order valence-corrected chi connectivity index (χ1v) is 5.72. The zero-order chi connectivity index (χ0) is 12.1. The van der Waals surface area contributed by atoms with Crippen molar-refractivity contribution in [3.63, 3.8) is 0 Å². The van der Waals surface area contributed by atoms with Crippen LogP contribution in [-0.4, -0.2) is 35.7 Å². The van der Waals surface area contributed by atoms with Crippen LogP contribution in [0.5, 0.6) is 0 Å². The second-order valence-corrected chi connectivity index (χ2v) is 5.39. The van der Waals surface area contributed by atoms with Crippen molar-refractivity contribution in [3.05, 3.63) is 0 Å². The predicted molar refractivity (Wildman–Crippen MR) is 59.8 cm³/mol. The molecule has 0 aromatic carbocycles. The molecule has 0 aromatic rings. The van der Waals surface area contributed by atoms with Gasteiger partial charge in [-0.25, -0.2) is 0 Å². The van der Waals surface area contributed by atoms with E-state index in [0.717, 1.165) is 0 Å². The van der Waals surface area contributed by atoms with Crippen molar-refractivity contribution in [3.8, 4) is 0 Å². The van der Waals surface area contributed by atoms with Crippen LogP contribution in [0.3, 0.4) is 0 Å². The van der Waals surface area contributed by atoms with Gasteiger partial charge >= 0.3 is 11.9 Å². The van der Waals surface area contributed by atoms with Gasteiger partial charge in [-0.1, -0.05) is 0 Å². The molecule has 0 fully saturated rings.